The van der Waals surface area contributed by atoms with Gasteiger partial charge in [-0.3, -0.25) is 9.59 Å². The average Bonchev–Trinajstić information content (AvgIpc) is 2.93. The minimum atomic E-state index is -0.676. The van der Waals surface area contributed by atoms with E-state index < -0.39 is 6.04 Å². The molecule has 0 aliphatic heterocycles. The molecule has 0 aliphatic rings. The van der Waals surface area contributed by atoms with Crippen LogP contribution in [0.3, 0.4) is 0 Å². The Bertz CT molecular complexity index is 593. The van der Waals surface area contributed by atoms with Crippen LogP contribution in [0.25, 0.3) is 0 Å². The smallest absolute Gasteiger partial charge is 0.246 e. The first kappa shape index (κ1) is 14.2. The number of carbonyl (C=O) groups is 2. The van der Waals surface area contributed by atoms with Gasteiger partial charge in [0.1, 0.15) is 6.04 Å². The summed E-state index contributed by atoms with van der Waals surface area (Å²) >= 11 is 1.45. The minimum Gasteiger partial charge on any atom is -0.326 e. The van der Waals surface area contributed by atoms with Crippen LogP contribution < -0.4 is 16.4 Å². The lowest BCUT2D eigenvalue weighted by atomic mass is 10.2. The first-order valence-corrected chi connectivity index (χ1v) is 6.92. The summed E-state index contributed by atoms with van der Waals surface area (Å²) in [5, 5.41) is 7.28. The third-order valence-electron chi connectivity index (χ3n) is 2.60. The number of amides is 2. The van der Waals surface area contributed by atoms with Crippen molar-refractivity contribution in [1.29, 1.82) is 0 Å². The lowest BCUT2D eigenvalue weighted by Crippen LogP contribution is -2.26. The number of carbonyl (C=O) groups excluding carboxylic acids is 2. The van der Waals surface area contributed by atoms with E-state index >= 15 is 0 Å². The number of anilines is 2. The van der Waals surface area contributed by atoms with Gasteiger partial charge in [-0.05, 0) is 35.7 Å². The summed E-state index contributed by atoms with van der Waals surface area (Å²) in [6.07, 6.45) is 0. The molecular formula is C14H15N3O2S. The van der Waals surface area contributed by atoms with Crippen LogP contribution in [0.5, 0.6) is 0 Å². The summed E-state index contributed by atoms with van der Waals surface area (Å²) in [6.45, 7) is 1.44. The Hall–Kier alpha value is -2.18. The quantitative estimate of drug-likeness (QED) is 0.807. The second-order valence-electron chi connectivity index (χ2n) is 4.24. The highest BCUT2D eigenvalue weighted by molar-refractivity contribution is 7.10. The number of hydrogen-bond donors (Lipinski definition) is 3. The number of nitrogens with two attached hydrogens (primary N) is 1. The van der Waals surface area contributed by atoms with Gasteiger partial charge in [-0.2, -0.15) is 0 Å². The fraction of sp³-hybridized carbons (Fsp3) is 0.143. The number of benzene rings is 1. The number of nitrogens with one attached hydrogen (secondary N) is 2. The Labute approximate surface area is 120 Å². The van der Waals surface area contributed by atoms with Gasteiger partial charge in [0.05, 0.1) is 0 Å². The zero-order valence-electron chi connectivity index (χ0n) is 10.9. The van der Waals surface area contributed by atoms with Crippen molar-refractivity contribution in [3.63, 3.8) is 0 Å². The average molecular weight is 289 g/mol. The standard InChI is InChI=1S/C14H15N3O2S/c1-9(18)16-10-4-6-11(7-5-10)17-14(19)13(15)12-3-2-8-20-12/h2-8,13H,15H2,1H3,(H,16,18)(H,17,19). The Morgan fingerprint density at radius 3 is 2.20 bits per heavy atom. The molecule has 0 saturated heterocycles. The molecule has 0 aliphatic carbocycles. The van der Waals surface area contributed by atoms with Crippen molar-refractivity contribution in [3.05, 3.63) is 46.7 Å². The third kappa shape index (κ3) is 3.66. The monoisotopic (exact) mass is 289 g/mol. The Balaban J connectivity index is 1.99. The van der Waals surface area contributed by atoms with Crippen LogP contribution >= 0.6 is 11.3 Å². The lowest BCUT2D eigenvalue weighted by molar-refractivity contribution is -0.117. The molecule has 2 aromatic rings. The number of rotatable bonds is 4. The number of hydrogen-bond acceptors (Lipinski definition) is 4. The van der Waals surface area contributed by atoms with Gasteiger partial charge in [0.2, 0.25) is 11.8 Å². The molecule has 0 bridgehead atoms. The molecule has 20 heavy (non-hydrogen) atoms. The summed E-state index contributed by atoms with van der Waals surface area (Å²) in [5.41, 5.74) is 7.18. The van der Waals surface area contributed by atoms with Crippen molar-refractivity contribution in [1.82, 2.24) is 0 Å². The molecule has 0 fully saturated rings. The van der Waals surface area contributed by atoms with Gasteiger partial charge in [-0.15, -0.1) is 11.3 Å². The largest absolute Gasteiger partial charge is 0.326 e. The van der Waals surface area contributed by atoms with Crippen molar-refractivity contribution < 1.29 is 9.59 Å². The molecule has 1 aromatic carbocycles. The summed E-state index contributed by atoms with van der Waals surface area (Å²) < 4.78 is 0. The highest BCUT2D eigenvalue weighted by atomic mass is 32.1. The molecule has 0 radical (unpaired) electrons. The fourth-order valence-corrected chi connectivity index (χ4v) is 2.38. The van der Waals surface area contributed by atoms with Gasteiger partial charge in [0.15, 0.2) is 0 Å². The van der Waals surface area contributed by atoms with E-state index in [4.69, 9.17) is 5.73 Å². The summed E-state index contributed by atoms with van der Waals surface area (Å²) in [4.78, 5) is 23.7. The van der Waals surface area contributed by atoms with Gasteiger partial charge in [-0.1, -0.05) is 6.07 Å². The lowest BCUT2D eigenvalue weighted by Gasteiger charge is -2.11. The van der Waals surface area contributed by atoms with Gasteiger partial charge in [0.25, 0.3) is 0 Å². The van der Waals surface area contributed by atoms with E-state index in [2.05, 4.69) is 10.6 Å². The maximum atomic E-state index is 12.0. The van der Waals surface area contributed by atoms with Crippen molar-refractivity contribution in [2.24, 2.45) is 5.73 Å². The van der Waals surface area contributed by atoms with Crippen LogP contribution in [0.2, 0.25) is 0 Å². The van der Waals surface area contributed by atoms with Gasteiger partial charge < -0.3 is 16.4 Å². The van der Waals surface area contributed by atoms with Gasteiger partial charge >= 0.3 is 0 Å². The molecule has 104 valence electrons. The molecule has 1 aromatic heterocycles. The van der Waals surface area contributed by atoms with E-state index in [0.29, 0.717) is 11.4 Å². The summed E-state index contributed by atoms with van der Waals surface area (Å²) in [6, 6.07) is 9.87. The Kier molecular flexibility index (Phi) is 4.49. The van der Waals surface area contributed by atoms with Crippen molar-refractivity contribution in [2.75, 3.05) is 10.6 Å². The highest BCUT2D eigenvalue weighted by Crippen LogP contribution is 2.19. The molecule has 2 rings (SSSR count). The maximum absolute atomic E-state index is 12.0. The predicted octanol–water partition coefficient (Wildman–Crippen LogP) is 2.34. The van der Waals surface area contributed by atoms with Gasteiger partial charge in [0, 0.05) is 23.2 Å². The zero-order valence-corrected chi connectivity index (χ0v) is 11.7. The molecule has 1 unspecified atom stereocenters. The minimum absolute atomic E-state index is 0.137. The van der Waals surface area contributed by atoms with E-state index in [1.165, 1.54) is 18.3 Å². The fourth-order valence-electron chi connectivity index (χ4n) is 1.66. The zero-order chi connectivity index (χ0) is 14.5. The summed E-state index contributed by atoms with van der Waals surface area (Å²) in [7, 11) is 0. The Morgan fingerprint density at radius 2 is 1.70 bits per heavy atom. The van der Waals surface area contributed by atoms with Crippen LogP contribution in [0.1, 0.15) is 17.8 Å². The van der Waals surface area contributed by atoms with E-state index in [-0.39, 0.29) is 11.8 Å². The topological polar surface area (TPSA) is 84.2 Å². The first-order valence-electron chi connectivity index (χ1n) is 6.04. The van der Waals surface area contributed by atoms with Crippen LogP contribution in [0.15, 0.2) is 41.8 Å². The molecule has 4 N–H and O–H groups in total. The second-order valence-corrected chi connectivity index (χ2v) is 5.22. The molecule has 6 heteroatoms. The van der Waals surface area contributed by atoms with E-state index in [9.17, 15) is 9.59 Å². The predicted molar refractivity (Wildman–Crippen MR) is 80.6 cm³/mol. The molecular weight excluding hydrogens is 274 g/mol. The molecule has 1 heterocycles. The van der Waals surface area contributed by atoms with Crippen molar-refractivity contribution >= 4 is 34.5 Å². The van der Waals surface area contributed by atoms with E-state index in [1.807, 2.05) is 17.5 Å². The normalized spacial score (nSPS) is 11.7. The van der Waals surface area contributed by atoms with Crippen molar-refractivity contribution in [3.8, 4) is 0 Å². The maximum Gasteiger partial charge on any atom is 0.246 e. The van der Waals surface area contributed by atoms with Crippen LogP contribution in [-0.4, -0.2) is 11.8 Å². The Morgan fingerprint density at radius 1 is 1.10 bits per heavy atom. The number of thiophene rings is 1. The third-order valence-corrected chi connectivity index (χ3v) is 3.56. The van der Waals surface area contributed by atoms with E-state index in [0.717, 1.165) is 4.88 Å². The summed E-state index contributed by atoms with van der Waals surface area (Å²) in [5.74, 6) is -0.402. The molecule has 5 nitrogen and oxygen atoms in total. The molecule has 2 amide bonds. The molecule has 1 atom stereocenters. The first-order chi connectivity index (χ1) is 9.56. The second kappa shape index (κ2) is 6.31. The highest BCUT2D eigenvalue weighted by Gasteiger charge is 2.16. The van der Waals surface area contributed by atoms with Crippen LogP contribution in [-0.2, 0) is 9.59 Å². The van der Waals surface area contributed by atoms with Gasteiger partial charge in [-0.25, -0.2) is 0 Å². The van der Waals surface area contributed by atoms with Crippen LogP contribution in [0.4, 0.5) is 11.4 Å². The molecule has 0 spiro atoms. The van der Waals surface area contributed by atoms with Crippen molar-refractivity contribution in [2.45, 2.75) is 13.0 Å². The molecule has 0 saturated carbocycles. The van der Waals surface area contributed by atoms with Crippen LogP contribution in [0, 0.1) is 0 Å². The van der Waals surface area contributed by atoms with E-state index in [1.54, 1.807) is 24.3 Å². The SMILES string of the molecule is CC(=O)Nc1ccc(NC(=O)C(N)c2cccs2)cc1.